The van der Waals surface area contributed by atoms with Crippen LogP contribution in [0.15, 0.2) is 24.3 Å². The van der Waals surface area contributed by atoms with E-state index in [-0.39, 0.29) is 24.9 Å². The molecule has 0 aromatic heterocycles. The lowest BCUT2D eigenvalue weighted by molar-refractivity contribution is -0.142. The molecule has 0 aliphatic heterocycles. The predicted molar refractivity (Wildman–Crippen MR) is 73.5 cm³/mol. The Morgan fingerprint density at radius 2 is 1.89 bits per heavy atom. The second kappa shape index (κ2) is 8.34. The Morgan fingerprint density at radius 1 is 1.32 bits per heavy atom. The summed E-state index contributed by atoms with van der Waals surface area (Å²) in [7, 11) is 1.29. The number of rotatable bonds is 5. The number of carbonyl (C=O) groups excluding carboxylic acids is 2. The van der Waals surface area contributed by atoms with Gasteiger partial charge in [-0.3, -0.25) is 4.79 Å². The van der Waals surface area contributed by atoms with Crippen LogP contribution in [0.1, 0.15) is 6.92 Å². The maximum absolute atomic E-state index is 11.3. The molecule has 1 aromatic rings. The minimum atomic E-state index is -0.569. The number of esters is 1. The molecule has 0 radical (unpaired) electrons. The molecule has 1 rings (SSSR count). The van der Waals surface area contributed by atoms with Crippen LogP contribution in [0.3, 0.4) is 0 Å². The number of carbonyl (C=O) groups is 2. The van der Waals surface area contributed by atoms with Gasteiger partial charge in [-0.1, -0.05) is 0 Å². The molecule has 0 aliphatic rings. The maximum Gasteiger partial charge on any atom is 0.343 e. The number of amides is 1. The van der Waals surface area contributed by atoms with Gasteiger partial charge in [0.2, 0.25) is 5.91 Å². The topological polar surface area (TPSA) is 90.6 Å². The number of hydrogen-bond acceptors (Lipinski definition) is 5. The Labute approximate surface area is 117 Å². The molecule has 1 aromatic carbocycles. The van der Waals surface area contributed by atoms with Crippen LogP contribution in [0.2, 0.25) is 0 Å². The molecule has 106 valence electrons. The first-order valence-corrected chi connectivity index (χ1v) is 5.39. The van der Waals surface area contributed by atoms with Crippen molar-refractivity contribution >= 4 is 30.0 Å². The van der Waals surface area contributed by atoms with Crippen molar-refractivity contribution in [1.82, 2.24) is 0 Å². The Bertz CT molecular complexity index is 420. The van der Waals surface area contributed by atoms with Crippen molar-refractivity contribution in [2.24, 2.45) is 5.73 Å². The minimum Gasteiger partial charge on any atom is -0.482 e. The molecule has 19 heavy (non-hydrogen) atoms. The molecule has 3 N–H and O–H groups in total. The van der Waals surface area contributed by atoms with E-state index < -0.39 is 12.0 Å². The number of anilines is 1. The van der Waals surface area contributed by atoms with Crippen molar-refractivity contribution in [3.63, 3.8) is 0 Å². The third-order valence-corrected chi connectivity index (χ3v) is 2.12. The van der Waals surface area contributed by atoms with Gasteiger partial charge in [0.1, 0.15) is 5.75 Å². The van der Waals surface area contributed by atoms with E-state index in [1.165, 1.54) is 7.11 Å². The van der Waals surface area contributed by atoms with Gasteiger partial charge in [-0.05, 0) is 31.2 Å². The molecule has 0 fully saturated rings. The summed E-state index contributed by atoms with van der Waals surface area (Å²) in [5, 5.41) is 2.63. The van der Waals surface area contributed by atoms with Gasteiger partial charge in [0, 0.05) is 5.69 Å². The van der Waals surface area contributed by atoms with Gasteiger partial charge < -0.3 is 20.5 Å². The Morgan fingerprint density at radius 3 is 2.37 bits per heavy atom. The molecule has 0 spiro atoms. The zero-order valence-corrected chi connectivity index (χ0v) is 11.5. The zero-order valence-electron chi connectivity index (χ0n) is 10.7. The number of hydrogen-bond donors (Lipinski definition) is 2. The number of nitrogens with two attached hydrogens (primary N) is 1. The van der Waals surface area contributed by atoms with Gasteiger partial charge >= 0.3 is 5.97 Å². The predicted octanol–water partition coefficient (Wildman–Crippen LogP) is 0.946. The SMILES string of the molecule is COC(=O)COc1ccc(NC(=O)C(C)N)cc1.Cl. The van der Waals surface area contributed by atoms with Crippen LogP contribution in [0.25, 0.3) is 0 Å². The van der Waals surface area contributed by atoms with Gasteiger partial charge in [0.25, 0.3) is 0 Å². The standard InChI is InChI=1S/C12H16N2O4.ClH/c1-8(13)12(16)14-9-3-5-10(6-4-9)18-7-11(15)17-2;/h3-6,8H,7,13H2,1-2H3,(H,14,16);1H. The van der Waals surface area contributed by atoms with E-state index in [4.69, 9.17) is 10.5 Å². The maximum atomic E-state index is 11.3. The highest BCUT2D eigenvalue weighted by Crippen LogP contribution is 2.15. The third kappa shape index (κ3) is 6.08. The molecular formula is C12H17ClN2O4. The van der Waals surface area contributed by atoms with Crippen LogP contribution >= 0.6 is 12.4 Å². The fourth-order valence-electron chi connectivity index (χ4n) is 1.09. The Hall–Kier alpha value is -1.79. The smallest absolute Gasteiger partial charge is 0.343 e. The van der Waals surface area contributed by atoms with Crippen molar-refractivity contribution in [3.05, 3.63) is 24.3 Å². The van der Waals surface area contributed by atoms with E-state index in [0.717, 1.165) is 0 Å². The molecule has 0 saturated heterocycles. The summed E-state index contributed by atoms with van der Waals surface area (Å²) in [5.74, 6) is -0.207. The van der Waals surface area contributed by atoms with Crippen molar-refractivity contribution in [2.75, 3.05) is 19.0 Å². The van der Waals surface area contributed by atoms with Crippen LogP contribution in [0.4, 0.5) is 5.69 Å². The largest absolute Gasteiger partial charge is 0.482 e. The Balaban J connectivity index is 0.00000324. The van der Waals surface area contributed by atoms with Crippen molar-refractivity contribution in [2.45, 2.75) is 13.0 Å². The molecular weight excluding hydrogens is 272 g/mol. The number of methoxy groups -OCH3 is 1. The highest BCUT2D eigenvalue weighted by Gasteiger charge is 2.07. The minimum absolute atomic E-state index is 0. The highest BCUT2D eigenvalue weighted by molar-refractivity contribution is 5.94. The number of ether oxygens (including phenoxy) is 2. The Kier molecular flexibility index (Phi) is 7.55. The first kappa shape index (κ1) is 17.2. The lowest BCUT2D eigenvalue weighted by Crippen LogP contribution is -2.32. The van der Waals surface area contributed by atoms with Crippen LogP contribution in [0, 0.1) is 0 Å². The van der Waals surface area contributed by atoms with Crippen LogP contribution < -0.4 is 15.8 Å². The summed E-state index contributed by atoms with van der Waals surface area (Å²) >= 11 is 0. The lowest BCUT2D eigenvalue weighted by atomic mass is 10.2. The number of benzene rings is 1. The second-order valence-electron chi connectivity index (χ2n) is 3.67. The molecule has 1 unspecified atom stereocenters. The molecule has 0 heterocycles. The lowest BCUT2D eigenvalue weighted by Gasteiger charge is -2.09. The molecule has 1 atom stereocenters. The van der Waals surface area contributed by atoms with E-state index in [2.05, 4.69) is 10.1 Å². The third-order valence-electron chi connectivity index (χ3n) is 2.12. The van der Waals surface area contributed by atoms with Crippen molar-refractivity contribution in [1.29, 1.82) is 0 Å². The monoisotopic (exact) mass is 288 g/mol. The first-order chi connectivity index (χ1) is 8.52. The van der Waals surface area contributed by atoms with E-state index in [0.29, 0.717) is 11.4 Å². The van der Waals surface area contributed by atoms with Gasteiger partial charge in [-0.25, -0.2) is 4.79 Å². The van der Waals surface area contributed by atoms with Gasteiger partial charge in [0.05, 0.1) is 13.2 Å². The molecule has 0 aliphatic carbocycles. The molecule has 1 amide bonds. The van der Waals surface area contributed by atoms with Crippen LogP contribution in [-0.4, -0.2) is 31.6 Å². The zero-order chi connectivity index (χ0) is 13.5. The molecule has 0 saturated carbocycles. The fraction of sp³-hybridized carbons (Fsp3) is 0.333. The summed E-state index contributed by atoms with van der Waals surface area (Å²) in [6, 6.07) is 6.03. The van der Waals surface area contributed by atoms with Gasteiger partial charge in [-0.2, -0.15) is 0 Å². The van der Waals surface area contributed by atoms with E-state index in [1.54, 1.807) is 31.2 Å². The summed E-state index contributed by atoms with van der Waals surface area (Å²) in [5.41, 5.74) is 6.04. The van der Waals surface area contributed by atoms with Crippen molar-refractivity contribution < 1.29 is 19.1 Å². The summed E-state index contributed by atoms with van der Waals surface area (Å²) in [6.45, 7) is 1.45. The summed E-state index contributed by atoms with van der Waals surface area (Å²) in [6.07, 6.45) is 0. The summed E-state index contributed by atoms with van der Waals surface area (Å²) < 4.78 is 9.59. The highest BCUT2D eigenvalue weighted by atomic mass is 35.5. The van der Waals surface area contributed by atoms with E-state index in [1.807, 2.05) is 0 Å². The van der Waals surface area contributed by atoms with E-state index in [9.17, 15) is 9.59 Å². The molecule has 6 nitrogen and oxygen atoms in total. The average Bonchev–Trinajstić information content (AvgIpc) is 2.37. The quantitative estimate of drug-likeness (QED) is 0.787. The van der Waals surface area contributed by atoms with Crippen LogP contribution in [-0.2, 0) is 14.3 Å². The number of nitrogens with one attached hydrogen (secondary N) is 1. The average molecular weight is 289 g/mol. The van der Waals surface area contributed by atoms with Crippen LogP contribution in [0.5, 0.6) is 5.75 Å². The van der Waals surface area contributed by atoms with Gasteiger partial charge in [-0.15, -0.1) is 12.4 Å². The normalized spacial score (nSPS) is 10.9. The van der Waals surface area contributed by atoms with E-state index >= 15 is 0 Å². The van der Waals surface area contributed by atoms with Gasteiger partial charge in [0.15, 0.2) is 6.61 Å². The number of halogens is 1. The summed E-state index contributed by atoms with van der Waals surface area (Å²) in [4.78, 5) is 22.2. The first-order valence-electron chi connectivity index (χ1n) is 5.39. The van der Waals surface area contributed by atoms with Crippen molar-refractivity contribution in [3.8, 4) is 5.75 Å². The fourth-order valence-corrected chi connectivity index (χ4v) is 1.09. The second-order valence-corrected chi connectivity index (χ2v) is 3.67. The molecule has 0 bridgehead atoms. The molecule has 7 heteroatoms.